The van der Waals surface area contributed by atoms with Gasteiger partial charge in [-0.1, -0.05) is 53.2 Å². The predicted molar refractivity (Wildman–Crippen MR) is 140 cm³/mol. The first-order chi connectivity index (χ1) is 17.5. The van der Waals surface area contributed by atoms with Gasteiger partial charge in [0.1, 0.15) is 16.3 Å². The van der Waals surface area contributed by atoms with Crippen LogP contribution >= 0.6 is 23.2 Å². The van der Waals surface area contributed by atoms with Gasteiger partial charge in [0.25, 0.3) is 16.0 Å². The number of rotatable bonds is 6. The molecule has 0 spiro atoms. The van der Waals surface area contributed by atoms with E-state index in [1.54, 1.807) is 36.4 Å². The molecular formula is C25H18Cl2N3NaO6S. The molecule has 4 rings (SSSR count). The molecule has 0 heterocycles. The molecule has 9 nitrogen and oxygen atoms in total. The van der Waals surface area contributed by atoms with Crippen LogP contribution in [0.5, 0.6) is 11.5 Å². The van der Waals surface area contributed by atoms with E-state index in [0.717, 1.165) is 6.07 Å². The van der Waals surface area contributed by atoms with E-state index in [1.165, 1.54) is 32.2 Å². The average Bonchev–Trinajstić information content (AvgIpc) is 2.83. The molecule has 38 heavy (non-hydrogen) atoms. The number of benzene rings is 4. The molecule has 0 aliphatic heterocycles. The third kappa shape index (κ3) is 6.29. The second-order valence-electron chi connectivity index (χ2n) is 7.87. The molecule has 190 valence electrons. The fourth-order valence-corrected chi connectivity index (χ4v) is 4.91. The largest absolute Gasteiger partial charge is 1.00 e. The van der Waals surface area contributed by atoms with Gasteiger partial charge in [0.15, 0.2) is 0 Å². The average molecular weight is 582 g/mol. The number of halogens is 2. The Balaban J connectivity index is 0.00000400. The summed E-state index contributed by atoms with van der Waals surface area (Å²) in [5.74, 6) is -1.16. The number of nitrogens with one attached hydrogen (secondary N) is 1. The van der Waals surface area contributed by atoms with Crippen molar-refractivity contribution in [1.82, 2.24) is 0 Å². The van der Waals surface area contributed by atoms with Crippen molar-refractivity contribution >= 4 is 67.1 Å². The Bertz CT molecular complexity index is 1700. The number of ether oxygens (including phenoxy) is 1. The maximum atomic E-state index is 13.4. The zero-order valence-corrected chi connectivity index (χ0v) is 24.6. The zero-order chi connectivity index (χ0) is 26.9. The van der Waals surface area contributed by atoms with E-state index in [2.05, 4.69) is 15.5 Å². The van der Waals surface area contributed by atoms with Crippen LogP contribution in [0.3, 0.4) is 0 Å². The van der Waals surface area contributed by atoms with E-state index in [-0.39, 0.29) is 57.2 Å². The summed E-state index contributed by atoms with van der Waals surface area (Å²) in [6.07, 6.45) is 0. The van der Waals surface area contributed by atoms with E-state index in [4.69, 9.17) is 27.9 Å². The Morgan fingerprint density at radius 1 is 1.00 bits per heavy atom. The Kier molecular flexibility index (Phi) is 9.43. The minimum absolute atomic E-state index is 0. The van der Waals surface area contributed by atoms with Gasteiger partial charge >= 0.3 is 29.6 Å². The first-order valence-corrected chi connectivity index (χ1v) is 12.8. The van der Waals surface area contributed by atoms with Crippen LogP contribution < -0.4 is 44.7 Å². The second-order valence-corrected chi connectivity index (χ2v) is 10.1. The second kappa shape index (κ2) is 12.0. The summed E-state index contributed by atoms with van der Waals surface area (Å²) in [5.41, 5.74) is -0.0868. The molecule has 0 saturated heterocycles. The van der Waals surface area contributed by atoms with Crippen LogP contribution in [0, 0.1) is 6.92 Å². The van der Waals surface area contributed by atoms with Crippen LogP contribution in [0.4, 0.5) is 17.1 Å². The smallest absolute Gasteiger partial charge is 0.870 e. The van der Waals surface area contributed by atoms with Crippen LogP contribution in [0.15, 0.2) is 75.8 Å². The van der Waals surface area contributed by atoms with Gasteiger partial charge in [-0.15, -0.1) is 5.11 Å². The Labute approximate surface area is 250 Å². The van der Waals surface area contributed by atoms with Crippen molar-refractivity contribution in [2.45, 2.75) is 11.8 Å². The van der Waals surface area contributed by atoms with Gasteiger partial charge < -0.3 is 15.2 Å². The molecule has 0 bridgehead atoms. The quantitative estimate of drug-likeness (QED) is 0.203. The van der Waals surface area contributed by atoms with Crippen molar-refractivity contribution in [1.29, 1.82) is 0 Å². The number of azo groups is 1. The van der Waals surface area contributed by atoms with Crippen molar-refractivity contribution in [2.75, 3.05) is 12.4 Å². The molecule has 4 aromatic rings. The molecule has 0 unspecified atom stereocenters. The minimum Gasteiger partial charge on any atom is -0.870 e. The molecule has 0 fully saturated rings. The van der Waals surface area contributed by atoms with Gasteiger partial charge in [-0.2, -0.15) is 13.5 Å². The van der Waals surface area contributed by atoms with Gasteiger partial charge in [-0.25, -0.2) is 0 Å². The van der Waals surface area contributed by atoms with E-state index < -0.39 is 26.7 Å². The van der Waals surface area contributed by atoms with Gasteiger partial charge in [0.2, 0.25) is 0 Å². The molecule has 13 heteroatoms. The van der Waals surface area contributed by atoms with E-state index in [0.29, 0.717) is 27.1 Å². The van der Waals surface area contributed by atoms with Crippen molar-refractivity contribution in [3.8, 4) is 11.5 Å². The molecule has 0 saturated carbocycles. The van der Waals surface area contributed by atoms with Crippen LogP contribution in [0.1, 0.15) is 15.9 Å². The normalized spacial score (nSPS) is 11.4. The molecule has 0 aliphatic carbocycles. The van der Waals surface area contributed by atoms with E-state index in [1.807, 2.05) is 0 Å². The van der Waals surface area contributed by atoms with E-state index in [9.17, 15) is 22.9 Å². The van der Waals surface area contributed by atoms with E-state index >= 15 is 0 Å². The number of amides is 1. The predicted octanol–water partition coefficient (Wildman–Crippen LogP) is 3.46. The monoisotopic (exact) mass is 581 g/mol. The van der Waals surface area contributed by atoms with Crippen LogP contribution in [-0.2, 0) is 10.1 Å². The van der Waals surface area contributed by atoms with Crippen molar-refractivity contribution in [3.05, 3.63) is 81.8 Å². The number of fused-ring (bicyclic) bond motifs is 1. The number of hydrogen-bond donors (Lipinski definition) is 2. The first kappa shape index (κ1) is 29.9. The third-order valence-corrected chi connectivity index (χ3v) is 6.71. The van der Waals surface area contributed by atoms with Gasteiger partial charge in [0.05, 0.1) is 18.5 Å². The summed E-state index contributed by atoms with van der Waals surface area (Å²) in [6.45, 7) is 1.52. The molecule has 0 aliphatic rings. The van der Waals surface area contributed by atoms with Gasteiger partial charge in [0, 0.05) is 21.0 Å². The first-order valence-electron chi connectivity index (χ1n) is 10.6. The molecule has 0 atom stereocenters. The fraction of sp³-hybridized carbons (Fsp3) is 0.0800. The minimum atomic E-state index is -4.70. The molecular weight excluding hydrogens is 564 g/mol. The maximum absolute atomic E-state index is 13.4. The third-order valence-electron chi connectivity index (χ3n) is 5.39. The van der Waals surface area contributed by atoms with Crippen LogP contribution in [0.25, 0.3) is 10.8 Å². The number of methoxy groups -OCH3 is 1. The zero-order valence-electron chi connectivity index (χ0n) is 20.3. The summed E-state index contributed by atoms with van der Waals surface area (Å²) in [7, 11) is -3.28. The number of aryl methyl sites for hydroxylation is 1. The summed E-state index contributed by atoms with van der Waals surface area (Å²) in [4.78, 5) is 12.6. The molecule has 0 aromatic heterocycles. The number of anilines is 1. The van der Waals surface area contributed by atoms with Crippen LogP contribution in [0.2, 0.25) is 10.0 Å². The maximum Gasteiger partial charge on any atom is 1.00 e. The molecule has 1 amide bonds. The molecule has 4 aromatic carbocycles. The van der Waals surface area contributed by atoms with Crippen LogP contribution in [-0.4, -0.2) is 26.0 Å². The molecule has 2 N–H and O–H groups in total. The van der Waals surface area contributed by atoms with Crippen molar-refractivity contribution in [3.63, 3.8) is 0 Å². The van der Waals surface area contributed by atoms with Gasteiger partial charge in [-0.05, 0) is 54.3 Å². The van der Waals surface area contributed by atoms with Gasteiger partial charge in [-0.3, -0.25) is 9.35 Å². The molecule has 0 radical (unpaired) electrons. The standard InChI is InChI=1S/C25H19Cl2N3O6S.Na/c1-13-9-16(27)12-21(37(33,34)35)22(13)29-30-23-17-6-4-3-5-14(17)10-18(24(23)31)25(32)28-19-11-15(26)7-8-20(19)36-2;/h3-12,31H,1-2H3,(H,28,32)(H,33,34,35);/q;+1/p-1. The number of carbonyl (C=O) groups is 1. The summed E-state index contributed by atoms with van der Waals surface area (Å²) < 4.78 is 38.7. The van der Waals surface area contributed by atoms with Crippen molar-refractivity contribution in [2.24, 2.45) is 10.2 Å². The number of carbonyl (C=O) groups excluding carboxylic acids is 1. The number of nitrogens with zero attached hydrogens (tertiary/aromatic N) is 2. The summed E-state index contributed by atoms with van der Waals surface area (Å²) in [5, 5.41) is 25.4. The summed E-state index contributed by atoms with van der Waals surface area (Å²) >= 11 is 12.0. The fourth-order valence-electron chi connectivity index (χ4n) is 3.67. The SMILES string of the molecule is COc1ccc(Cl)cc1NC(=O)c1cc2ccccc2c(N=Nc2c(C)cc(Cl)cc2S(=O)(=O)O)c1[O-].[Na+]. The topological polar surface area (TPSA) is 140 Å². The summed E-state index contributed by atoms with van der Waals surface area (Å²) in [6, 6.07) is 15.2. The Morgan fingerprint density at radius 3 is 2.37 bits per heavy atom. The Hall–Kier alpha value is -2.70. The van der Waals surface area contributed by atoms with Crippen molar-refractivity contribution < 1.29 is 57.2 Å². The number of hydrogen-bond acceptors (Lipinski definition) is 7. The Morgan fingerprint density at radius 2 is 1.68 bits per heavy atom.